The molecule has 0 unspecified atom stereocenters. The van der Waals surface area contributed by atoms with Crippen molar-refractivity contribution in [3.05, 3.63) is 0 Å². The Kier molecular flexibility index (Phi) is 2.35. The van der Waals surface area contributed by atoms with Gasteiger partial charge in [0.15, 0.2) is 0 Å². The van der Waals surface area contributed by atoms with Gasteiger partial charge in [-0.05, 0) is 19.3 Å². The standard InChI is InChI=1S/C9H18N2O/c12-9(1-2-9)3-6-11-7-4-10-5-8-11/h10,12H,1-8H2. The quantitative estimate of drug-likeness (QED) is 0.616. The van der Waals surface area contributed by atoms with Crippen LogP contribution in [-0.4, -0.2) is 48.3 Å². The molecule has 12 heavy (non-hydrogen) atoms. The van der Waals surface area contributed by atoms with E-state index in [1.165, 1.54) is 0 Å². The van der Waals surface area contributed by atoms with Crippen LogP contribution < -0.4 is 5.32 Å². The normalized spacial score (nSPS) is 28.8. The number of rotatable bonds is 3. The molecule has 1 saturated carbocycles. The third-order valence-corrected chi connectivity index (χ3v) is 2.93. The van der Waals surface area contributed by atoms with Crippen LogP contribution in [0.2, 0.25) is 0 Å². The molecule has 0 bridgehead atoms. The number of hydrogen-bond acceptors (Lipinski definition) is 3. The zero-order chi connectivity index (χ0) is 8.44. The molecule has 2 N–H and O–H groups in total. The molecular formula is C9H18N2O. The minimum absolute atomic E-state index is 0.259. The Morgan fingerprint density at radius 1 is 1.25 bits per heavy atom. The van der Waals surface area contributed by atoms with E-state index >= 15 is 0 Å². The number of nitrogens with one attached hydrogen (secondary N) is 1. The van der Waals surface area contributed by atoms with Crippen molar-refractivity contribution in [2.75, 3.05) is 32.7 Å². The highest BCUT2D eigenvalue weighted by Crippen LogP contribution is 2.38. The van der Waals surface area contributed by atoms with Crippen molar-refractivity contribution >= 4 is 0 Å². The Morgan fingerprint density at radius 3 is 2.50 bits per heavy atom. The SMILES string of the molecule is OC1(CCN2CCNCC2)CC1. The van der Waals surface area contributed by atoms with Gasteiger partial charge in [-0.1, -0.05) is 0 Å². The first-order valence-corrected chi connectivity index (χ1v) is 4.94. The monoisotopic (exact) mass is 170 g/mol. The van der Waals surface area contributed by atoms with E-state index in [1.54, 1.807) is 0 Å². The van der Waals surface area contributed by atoms with Crippen LogP contribution in [0, 0.1) is 0 Å². The van der Waals surface area contributed by atoms with Crippen molar-refractivity contribution in [2.24, 2.45) is 0 Å². The second-order valence-corrected chi connectivity index (χ2v) is 4.07. The van der Waals surface area contributed by atoms with Gasteiger partial charge < -0.3 is 15.3 Å². The molecular weight excluding hydrogens is 152 g/mol. The van der Waals surface area contributed by atoms with Crippen molar-refractivity contribution in [2.45, 2.75) is 24.9 Å². The molecule has 1 aliphatic carbocycles. The van der Waals surface area contributed by atoms with E-state index in [9.17, 15) is 5.11 Å². The molecule has 0 radical (unpaired) electrons. The highest BCUT2D eigenvalue weighted by atomic mass is 16.3. The van der Waals surface area contributed by atoms with Crippen LogP contribution in [0.25, 0.3) is 0 Å². The maximum atomic E-state index is 9.62. The fourth-order valence-corrected chi connectivity index (χ4v) is 1.70. The fraction of sp³-hybridized carbons (Fsp3) is 1.00. The van der Waals surface area contributed by atoms with E-state index in [1.807, 2.05) is 0 Å². The van der Waals surface area contributed by atoms with Gasteiger partial charge in [-0.15, -0.1) is 0 Å². The van der Waals surface area contributed by atoms with Crippen molar-refractivity contribution in [1.82, 2.24) is 10.2 Å². The average molecular weight is 170 g/mol. The summed E-state index contributed by atoms with van der Waals surface area (Å²) in [7, 11) is 0. The van der Waals surface area contributed by atoms with Gasteiger partial charge in [0.1, 0.15) is 0 Å². The van der Waals surface area contributed by atoms with Gasteiger partial charge in [0, 0.05) is 32.7 Å². The van der Waals surface area contributed by atoms with Crippen LogP contribution in [0.1, 0.15) is 19.3 Å². The first-order valence-electron chi connectivity index (χ1n) is 4.94. The highest BCUT2D eigenvalue weighted by molar-refractivity contribution is 4.93. The Labute approximate surface area is 73.8 Å². The van der Waals surface area contributed by atoms with Crippen LogP contribution in [0.15, 0.2) is 0 Å². The lowest BCUT2D eigenvalue weighted by Gasteiger charge is -2.27. The summed E-state index contributed by atoms with van der Waals surface area (Å²) in [5, 5.41) is 12.9. The summed E-state index contributed by atoms with van der Waals surface area (Å²) in [4.78, 5) is 2.44. The van der Waals surface area contributed by atoms with E-state index in [-0.39, 0.29) is 5.60 Å². The number of nitrogens with zero attached hydrogens (tertiary/aromatic N) is 1. The molecule has 1 saturated heterocycles. The molecule has 0 aromatic carbocycles. The number of piperazine rings is 1. The van der Waals surface area contributed by atoms with Crippen LogP contribution in [0.5, 0.6) is 0 Å². The van der Waals surface area contributed by atoms with E-state index < -0.39 is 0 Å². The van der Waals surface area contributed by atoms with E-state index in [0.717, 1.165) is 52.0 Å². The molecule has 0 atom stereocenters. The molecule has 0 aromatic heterocycles. The lowest BCUT2D eigenvalue weighted by Crippen LogP contribution is -2.44. The molecule has 0 spiro atoms. The molecule has 1 heterocycles. The summed E-state index contributed by atoms with van der Waals surface area (Å²) >= 11 is 0. The minimum atomic E-state index is -0.259. The fourth-order valence-electron chi connectivity index (χ4n) is 1.70. The molecule has 70 valence electrons. The second kappa shape index (κ2) is 3.32. The summed E-state index contributed by atoms with van der Waals surface area (Å²) in [5.41, 5.74) is -0.259. The molecule has 1 aliphatic heterocycles. The van der Waals surface area contributed by atoms with Gasteiger partial charge in [0.05, 0.1) is 5.60 Å². The summed E-state index contributed by atoms with van der Waals surface area (Å²) in [6.45, 7) is 5.60. The summed E-state index contributed by atoms with van der Waals surface area (Å²) in [6.07, 6.45) is 3.03. The first-order chi connectivity index (χ1) is 5.79. The Balaban J connectivity index is 1.65. The van der Waals surface area contributed by atoms with Gasteiger partial charge in [0.25, 0.3) is 0 Å². The summed E-state index contributed by atoms with van der Waals surface area (Å²) in [6, 6.07) is 0. The molecule has 3 nitrogen and oxygen atoms in total. The van der Waals surface area contributed by atoms with Gasteiger partial charge in [-0.25, -0.2) is 0 Å². The predicted molar refractivity (Wildman–Crippen MR) is 48.1 cm³/mol. The molecule has 2 rings (SSSR count). The van der Waals surface area contributed by atoms with Crippen molar-refractivity contribution in [3.63, 3.8) is 0 Å². The molecule has 2 fully saturated rings. The van der Waals surface area contributed by atoms with Crippen LogP contribution in [0.4, 0.5) is 0 Å². The minimum Gasteiger partial charge on any atom is -0.390 e. The second-order valence-electron chi connectivity index (χ2n) is 4.07. The Bertz CT molecular complexity index is 151. The predicted octanol–water partition coefficient (Wildman–Crippen LogP) is -0.193. The van der Waals surface area contributed by atoms with Gasteiger partial charge in [-0.2, -0.15) is 0 Å². The van der Waals surface area contributed by atoms with Gasteiger partial charge in [0.2, 0.25) is 0 Å². The molecule has 0 amide bonds. The average Bonchev–Trinajstić information content (AvgIpc) is 2.84. The van der Waals surface area contributed by atoms with Crippen LogP contribution in [-0.2, 0) is 0 Å². The first kappa shape index (κ1) is 8.48. The number of aliphatic hydroxyl groups is 1. The third-order valence-electron chi connectivity index (χ3n) is 2.93. The number of hydrogen-bond donors (Lipinski definition) is 2. The Morgan fingerprint density at radius 2 is 1.92 bits per heavy atom. The lowest BCUT2D eigenvalue weighted by molar-refractivity contribution is 0.115. The van der Waals surface area contributed by atoms with Crippen molar-refractivity contribution < 1.29 is 5.11 Å². The topological polar surface area (TPSA) is 35.5 Å². The van der Waals surface area contributed by atoms with Crippen molar-refractivity contribution in [3.8, 4) is 0 Å². The van der Waals surface area contributed by atoms with E-state index in [4.69, 9.17) is 0 Å². The smallest absolute Gasteiger partial charge is 0.0662 e. The van der Waals surface area contributed by atoms with E-state index in [0.29, 0.717) is 0 Å². The highest BCUT2D eigenvalue weighted by Gasteiger charge is 2.39. The zero-order valence-electron chi connectivity index (χ0n) is 7.55. The largest absolute Gasteiger partial charge is 0.390 e. The lowest BCUT2D eigenvalue weighted by atomic mass is 10.2. The van der Waals surface area contributed by atoms with Crippen LogP contribution in [0.3, 0.4) is 0 Å². The maximum Gasteiger partial charge on any atom is 0.0662 e. The Hall–Kier alpha value is -0.120. The maximum absolute atomic E-state index is 9.62. The molecule has 0 aromatic rings. The summed E-state index contributed by atoms with van der Waals surface area (Å²) < 4.78 is 0. The zero-order valence-corrected chi connectivity index (χ0v) is 7.55. The van der Waals surface area contributed by atoms with Crippen molar-refractivity contribution in [1.29, 1.82) is 0 Å². The van der Waals surface area contributed by atoms with E-state index in [2.05, 4.69) is 10.2 Å². The van der Waals surface area contributed by atoms with Crippen LogP contribution >= 0.6 is 0 Å². The molecule has 2 aliphatic rings. The summed E-state index contributed by atoms with van der Waals surface area (Å²) in [5.74, 6) is 0. The third kappa shape index (κ3) is 2.19. The van der Waals surface area contributed by atoms with Gasteiger partial charge >= 0.3 is 0 Å². The molecule has 3 heteroatoms. The van der Waals surface area contributed by atoms with Gasteiger partial charge in [-0.3, -0.25) is 0 Å².